The summed E-state index contributed by atoms with van der Waals surface area (Å²) < 4.78 is 9.61. The lowest BCUT2D eigenvalue weighted by atomic mass is 9.93. The molecule has 0 unspecified atom stereocenters. The van der Waals surface area contributed by atoms with E-state index in [4.69, 9.17) is 4.74 Å². The molecule has 0 aromatic carbocycles. The molecule has 158 valence electrons. The Balaban J connectivity index is 1.37. The second-order valence-electron chi connectivity index (χ2n) is 7.45. The third-order valence-electron chi connectivity index (χ3n) is 5.40. The Morgan fingerprint density at radius 3 is 2.60 bits per heavy atom. The fourth-order valence-electron chi connectivity index (χ4n) is 3.79. The smallest absolute Gasteiger partial charge is 0.332 e. The van der Waals surface area contributed by atoms with E-state index in [0.29, 0.717) is 5.88 Å². The van der Waals surface area contributed by atoms with Gasteiger partial charge in [0.1, 0.15) is 12.6 Å². The Morgan fingerprint density at radius 1 is 1.13 bits per heavy atom. The molecule has 11 heteroatoms. The van der Waals surface area contributed by atoms with Gasteiger partial charge in [0, 0.05) is 32.5 Å². The van der Waals surface area contributed by atoms with Gasteiger partial charge in [0.25, 0.3) is 5.56 Å². The molecular formula is C19H23N7O4. The van der Waals surface area contributed by atoms with Crippen LogP contribution >= 0.6 is 0 Å². The van der Waals surface area contributed by atoms with Crippen molar-refractivity contribution in [3.63, 3.8) is 0 Å². The minimum absolute atomic E-state index is 0.0417. The number of ether oxygens (including phenoxy) is 1. The van der Waals surface area contributed by atoms with E-state index in [1.54, 1.807) is 25.6 Å². The number of aromatic nitrogens is 6. The van der Waals surface area contributed by atoms with Crippen molar-refractivity contribution < 1.29 is 9.53 Å². The number of fused-ring (bicyclic) bond motifs is 1. The lowest BCUT2D eigenvalue weighted by Gasteiger charge is -2.29. The first-order valence-electron chi connectivity index (χ1n) is 9.77. The van der Waals surface area contributed by atoms with E-state index in [0.717, 1.165) is 30.3 Å². The number of carbonyl (C=O) groups excluding carboxylic acids is 1. The summed E-state index contributed by atoms with van der Waals surface area (Å²) in [6.45, 7) is -0.0417. The molecule has 0 aliphatic heterocycles. The quantitative estimate of drug-likeness (QED) is 0.610. The molecule has 3 heterocycles. The Morgan fingerprint density at radius 2 is 1.90 bits per heavy atom. The Bertz CT molecular complexity index is 1170. The first-order chi connectivity index (χ1) is 14.4. The molecule has 0 bridgehead atoms. The lowest BCUT2D eigenvalue weighted by Crippen LogP contribution is -2.41. The number of nitrogens with one attached hydrogen (secondary N) is 1. The van der Waals surface area contributed by atoms with Crippen LogP contribution in [-0.4, -0.2) is 46.7 Å². The van der Waals surface area contributed by atoms with Gasteiger partial charge < -0.3 is 14.6 Å². The lowest BCUT2D eigenvalue weighted by molar-refractivity contribution is -0.122. The van der Waals surface area contributed by atoms with Crippen LogP contribution in [0.2, 0.25) is 0 Å². The van der Waals surface area contributed by atoms with E-state index in [2.05, 4.69) is 20.3 Å². The van der Waals surface area contributed by atoms with Gasteiger partial charge in [-0.15, -0.1) is 0 Å². The normalized spacial score (nSPS) is 19.0. The van der Waals surface area contributed by atoms with E-state index < -0.39 is 11.2 Å². The number of imidazole rings is 1. The monoisotopic (exact) mass is 413 g/mol. The number of hydrogen-bond donors (Lipinski definition) is 1. The van der Waals surface area contributed by atoms with Gasteiger partial charge in [-0.3, -0.25) is 23.7 Å². The molecule has 4 rings (SSSR count). The van der Waals surface area contributed by atoms with Gasteiger partial charge in [0.2, 0.25) is 11.8 Å². The minimum Gasteiger partial charge on any atom is -0.473 e. The molecule has 1 aliphatic carbocycles. The van der Waals surface area contributed by atoms with Crippen LogP contribution in [0.5, 0.6) is 5.88 Å². The summed E-state index contributed by atoms with van der Waals surface area (Å²) in [5.74, 6) is 0.302. The second kappa shape index (κ2) is 8.09. The largest absolute Gasteiger partial charge is 0.473 e. The number of rotatable bonds is 5. The molecule has 0 spiro atoms. The Hall–Kier alpha value is -3.50. The van der Waals surface area contributed by atoms with Gasteiger partial charge in [-0.1, -0.05) is 0 Å². The van der Waals surface area contributed by atoms with Crippen molar-refractivity contribution in [3.05, 3.63) is 45.8 Å². The number of hydrogen-bond acceptors (Lipinski definition) is 7. The predicted molar refractivity (Wildman–Crippen MR) is 107 cm³/mol. The van der Waals surface area contributed by atoms with Gasteiger partial charge in [-0.2, -0.15) is 0 Å². The first kappa shape index (κ1) is 19.8. The maximum Gasteiger partial charge on any atom is 0.332 e. The van der Waals surface area contributed by atoms with E-state index in [1.807, 2.05) is 0 Å². The van der Waals surface area contributed by atoms with Gasteiger partial charge in [-0.05, 0) is 25.7 Å². The van der Waals surface area contributed by atoms with Crippen molar-refractivity contribution >= 4 is 17.1 Å². The molecule has 1 amide bonds. The van der Waals surface area contributed by atoms with Gasteiger partial charge >= 0.3 is 5.69 Å². The molecule has 1 N–H and O–H groups in total. The highest BCUT2D eigenvalue weighted by atomic mass is 16.5. The summed E-state index contributed by atoms with van der Waals surface area (Å²) in [6.07, 6.45) is 9.42. The highest BCUT2D eigenvalue weighted by Crippen LogP contribution is 2.22. The molecule has 30 heavy (non-hydrogen) atoms. The van der Waals surface area contributed by atoms with E-state index in [9.17, 15) is 14.4 Å². The van der Waals surface area contributed by atoms with Gasteiger partial charge in [0.15, 0.2) is 11.2 Å². The molecule has 1 saturated carbocycles. The second-order valence-corrected chi connectivity index (χ2v) is 7.45. The van der Waals surface area contributed by atoms with Crippen LogP contribution in [0.1, 0.15) is 25.7 Å². The predicted octanol–water partition coefficient (Wildman–Crippen LogP) is -0.270. The van der Waals surface area contributed by atoms with Crippen LogP contribution in [0.4, 0.5) is 0 Å². The summed E-state index contributed by atoms with van der Waals surface area (Å²) in [5, 5.41) is 3.02. The topological polar surface area (TPSA) is 126 Å². The average molecular weight is 413 g/mol. The molecule has 3 aromatic heterocycles. The van der Waals surface area contributed by atoms with E-state index in [-0.39, 0.29) is 35.8 Å². The first-order valence-corrected chi connectivity index (χ1v) is 9.77. The Kier molecular flexibility index (Phi) is 5.34. The van der Waals surface area contributed by atoms with E-state index in [1.165, 1.54) is 22.5 Å². The van der Waals surface area contributed by atoms with Crippen LogP contribution in [0, 0.1) is 0 Å². The molecular weight excluding hydrogens is 390 g/mol. The maximum absolute atomic E-state index is 12.6. The van der Waals surface area contributed by atoms with Crippen molar-refractivity contribution in [3.8, 4) is 5.88 Å². The zero-order chi connectivity index (χ0) is 21.3. The van der Waals surface area contributed by atoms with Crippen LogP contribution in [0.3, 0.4) is 0 Å². The van der Waals surface area contributed by atoms with Crippen molar-refractivity contribution in [2.24, 2.45) is 14.1 Å². The molecule has 1 aliphatic rings. The zero-order valence-corrected chi connectivity index (χ0v) is 16.8. The molecule has 0 radical (unpaired) electrons. The summed E-state index contributed by atoms with van der Waals surface area (Å²) in [6, 6.07) is 0.0428. The van der Waals surface area contributed by atoms with E-state index >= 15 is 0 Å². The number of aryl methyl sites for hydroxylation is 1. The minimum atomic E-state index is -0.472. The number of carbonyl (C=O) groups is 1. The standard InChI is InChI=1S/C19H23N7O4/c1-24-17-16(18(28)25(2)19(24)29)26(11-22-17)10-14(27)23-12-3-5-13(6-4-12)30-15-9-20-7-8-21-15/h7-9,11-13H,3-6,10H2,1-2H3,(H,23,27). The maximum atomic E-state index is 12.6. The molecule has 1 fully saturated rings. The summed E-state index contributed by atoms with van der Waals surface area (Å²) in [4.78, 5) is 49.3. The third-order valence-corrected chi connectivity index (χ3v) is 5.40. The molecule has 3 aromatic rings. The third kappa shape index (κ3) is 3.82. The number of amides is 1. The highest BCUT2D eigenvalue weighted by Gasteiger charge is 2.24. The molecule has 0 atom stereocenters. The fraction of sp³-hybridized carbons (Fsp3) is 0.474. The van der Waals surface area contributed by atoms with Gasteiger partial charge in [0.05, 0.1) is 12.5 Å². The van der Waals surface area contributed by atoms with Crippen LogP contribution in [0.15, 0.2) is 34.5 Å². The summed E-state index contributed by atoms with van der Waals surface area (Å²) in [5.41, 5.74) is -0.434. The van der Waals surface area contributed by atoms with Crippen molar-refractivity contribution in [2.75, 3.05) is 0 Å². The van der Waals surface area contributed by atoms with Crippen molar-refractivity contribution in [2.45, 2.75) is 44.4 Å². The van der Waals surface area contributed by atoms with Gasteiger partial charge in [-0.25, -0.2) is 14.8 Å². The molecule has 0 saturated heterocycles. The van der Waals surface area contributed by atoms with Crippen LogP contribution in [-0.2, 0) is 25.4 Å². The number of nitrogens with zero attached hydrogens (tertiary/aromatic N) is 6. The van der Waals surface area contributed by atoms with Crippen LogP contribution < -0.4 is 21.3 Å². The van der Waals surface area contributed by atoms with Crippen molar-refractivity contribution in [1.82, 2.24) is 34.0 Å². The summed E-state index contributed by atoms with van der Waals surface area (Å²) >= 11 is 0. The fourth-order valence-corrected chi connectivity index (χ4v) is 3.79. The zero-order valence-electron chi connectivity index (χ0n) is 16.8. The Labute approximate surface area is 171 Å². The summed E-state index contributed by atoms with van der Waals surface area (Å²) in [7, 11) is 2.95. The van der Waals surface area contributed by atoms with Crippen LogP contribution in [0.25, 0.3) is 11.2 Å². The molecule has 11 nitrogen and oxygen atoms in total. The average Bonchev–Trinajstić information content (AvgIpc) is 3.16. The SMILES string of the molecule is Cn1c(=O)c2c(ncn2CC(=O)NC2CCC(Oc3cnccn3)CC2)n(C)c1=O. The highest BCUT2D eigenvalue weighted by molar-refractivity contribution is 5.79. The van der Waals surface area contributed by atoms with Crippen molar-refractivity contribution in [1.29, 1.82) is 0 Å².